The van der Waals surface area contributed by atoms with Crippen LogP contribution in [0.1, 0.15) is 30.5 Å². The van der Waals surface area contributed by atoms with Gasteiger partial charge in [0.15, 0.2) is 0 Å². The van der Waals surface area contributed by atoms with Crippen molar-refractivity contribution < 1.29 is 9.53 Å². The van der Waals surface area contributed by atoms with E-state index in [2.05, 4.69) is 23.4 Å². The highest BCUT2D eigenvalue weighted by Gasteiger charge is 2.13. The van der Waals surface area contributed by atoms with Crippen LogP contribution in [0.2, 0.25) is 10.0 Å². The summed E-state index contributed by atoms with van der Waals surface area (Å²) in [6.07, 6.45) is 5.30. The molecule has 5 heteroatoms. The number of allylic oxidation sites excluding steroid dienone is 1. The van der Waals surface area contributed by atoms with Crippen molar-refractivity contribution in [3.63, 3.8) is 0 Å². The van der Waals surface area contributed by atoms with Crippen LogP contribution >= 0.6 is 23.2 Å². The van der Waals surface area contributed by atoms with Crippen molar-refractivity contribution >= 4 is 51.7 Å². The Morgan fingerprint density at radius 2 is 2.04 bits per heavy atom. The van der Waals surface area contributed by atoms with Gasteiger partial charge < -0.3 is 9.30 Å². The van der Waals surface area contributed by atoms with Crippen LogP contribution in [0.5, 0.6) is 0 Å². The molecule has 0 atom stereocenters. The predicted molar refractivity (Wildman–Crippen MR) is 118 cm³/mol. The lowest BCUT2D eigenvalue weighted by Crippen LogP contribution is -2.01. The van der Waals surface area contributed by atoms with Gasteiger partial charge in [-0.3, -0.25) is 0 Å². The van der Waals surface area contributed by atoms with Crippen LogP contribution in [-0.2, 0) is 16.1 Å². The molecule has 0 aliphatic carbocycles. The van der Waals surface area contributed by atoms with Gasteiger partial charge in [-0.25, -0.2) is 4.79 Å². The molecule has 144 valence electrons. The molecule has 0 unspecified atom stereocenters. The molecule has 0 spiro atoms. The van der Waals surface area contributed by atoms with Gasteiger partial charge in [0.25, 0.3) is 0 Å². The summed E-state index contributed by atoms with van der Waals surface area (Å²) >= 11 is 12.4. The number of para-hydroxylation sites is 1. The third kappa shape index (κ3) is 4.32. The summed E-state index contributed by atoms with van der Waals surface area (Å²) in [6, 6.07) is 11.5. The number of hydrogen-bond acceptors (Lipinski definition) is 2. The second-order valence-electron chi connectivity index (χ2n) is 6.52. The van der Waals surface area contributed by atoms with Crippen LogP contribution in [0.3, 0.4) is 0 Å². The lowest BCUT2D eigenvalue weighted by molar-refractivity contribution is -0.137. The Hall–Kier alpha value is -2.49. The molecule has 2 aromatic carbocycles. The first kappa shape index (κ1) is 20.2. The zero-order valence-corrected chi connectivity index (χ0v) is 17.3. The predicted octanol–water partition coefficient (Wildman–Crippen LogP) is 6.61. The van der Waals surface area contributed by atoms with Gasteiger partial charge in [0.1, 0.15) is 0 Å². The third-order valence-corrected chi connectivity index (χ3v) is 5.02. The second kappa shape index (κ2) is 8.68. The van der Waals surface area contributed by atoms with Crippen molar-refractivity contribution in [1.29, 1.82) is 0 Å². The number of rotatable bonds is 6. The monoisotopic (exact) mass is 413 g/mol. The van der Waals surface area contributed by atoms with Gasteiger partial charge in [0, 0.05) is 39.8 Å². The van der Waals surface area contributed by atoms with Crippen LogP contribution in [0.15, 0.2) is 55.3 Å². The fourth-order valence-corrected chi connectivity index (χ4v) is 3.64. The molecule has 0 amide bonds. The minimum Gasteiger partial charge on any atom is -0.463 e. The van der Waals surface area contributed by atoms with E-state index in [0.29, 0.717) is 23.2 Å². The molecule has 3 nitrogen and oxygen atoms in total. The highest BCUT2D eigenvalue weighted by Crippen LogP contribution is 2.31. The van der Waals surface area contributed by atoms with Crippen molar-refractivity contribution in [3.05, 3.63) is 82.0 Å². The summed E-state index contributed by atoms with van der Waals surface area (Å²) in [5.74, 6) is -0.363. The highest BCUT2D eigenvalue weighted by molar-refractivity contribution is 6.35. The topological polar surface area (TPSA) is 31.2 Å². The van der Waals surface area contributed by atoms with Crippen molar-refractivity contribution in [2.75, 3.05) is 6.61 Å². The quantitative estimate of drug-likeness (QED) is 0.336. The van der Waals surface area contributed by atoms with Crippen LogP contribution in [0, 0.1) is 0 Å². The molecule has 28 heavy (non-hydrogen) atoms. The van der Waals surface area contributed by atoms with Gasteiger partial charge in [0.05, 0.1) is 12.1 Å². The average Bonchev–Trinajstić information content (AvgIpc) is 3.02. The molecule has 0 saturated heterocycles. The van der Waals surface area contributed by atoms with Gasteiger partial charge >= 0.3 is 5.97 Å². The number of nitrogens with zero attached hydrogens (tertiary/aromatic N) is 1. The first-order chi connectivity index (χ1) is 13.4. The minimum atomic E-state index is -0.363. The van der Waals surface area contributed by atoms with E-state index in [9.17, 15) is 4.79 Å². The van der Waals surface area contributed by atoms with Gasteiger partial charge in [-0.1, -0.05) is 54.0 Å². The van der Waals surface area contributed by atoms with Crippen LogP contribution in [0.25, 0.3) is 22.6 Å². The summed E-state index contributed by atoms with van der Waals surface area (Å²) in [7, 11) is 0. The molecule has 3 rings (SSSR count). The fourth-order valence-electron chi connectivity index (χ4n) is 3.17. The molecule has 3 aromatic rings. The molecule has 0 aliphatic rings. The van der Waals surface area contributed by atoms with E-state index in [0.717, 1.165) is 33.2 Å². The zero-order valence-electron chi connectivity index (χ0n) is 15.8. The maximum absolute atomic E-state index is 11.8. The molecule has 1 heterocycles. The van der Waals surface area contributed by atoms with Crippen LogP contribution < -0.4 is 0 Å². The number of carbonyl (C=O) groups excluding carboxylic acids is 1. The molecular weight excluding hydrogens is 393 g/mol. The molecule has 0 bridgehead atoms. The maximum Gasteiger partial charge on any atom is 0.330 e. The van der Waals surface area contributed by atoms with E-state index in [1.165, 1.54) is 6.08 Å². The van der Waals surface area contributed by atoms with Gasteiger partial charge in [-0.2, -0.15) is 0 Å². The normalized spacial score (nSPS) is 11.3. The zero-order chi connectivity index (χ0) is 20.3. The van der Waals surface area contributed by atoms with E-state index >= 15 is 0 Å². The molecule has 1 aromatic heterocycles. The molecule has 0 aliphatic heterocycles. The first-order valence-corrected chi connectivity index (χ1v) is 9.72. The number of benzene rings is 2. The number of esters is 1. The lowest BCUT2D eigenvalue weighted by atomic mass is 10.0. The maximum atomic E-state index is 11.8. The van der Waals surface area contributed by atoms with Crippen molar-refractivity contribution in [2.24, 2.45) is 0 Å². The summed E-state index contributed by atoms with van der Waals surface area (Å²) in [6.45, 7) is 8.79. The molecule has 0 saturated carbocycles. The Morgan fingerprint density at radius 1 is 1.25 bits per heavy atom. The molecule has 0 fully saturated rings. The van der Waals surface area contributed by atoms with Crippen molar-refractivity contribution in [2.45, 2.75) is 20.4 Å². The van der Waals surface area contributed by atoms with Crippen molar-refractivity contribution in [1.82, 2.24) is 4.57 Å². The summed E-state index contributed by atoms with van der Waals surface area (Å²) < 4.78 is 7.12. The summed E-state index contributed by atoms with van der Waals surface area (Å²) in [4.78, 5) is 11.8. The van der Waals surface area contributed by atoms with E-state index < -0.39 is 0 Å². The number of carbonyl (C=O) groups is 1. The molecule has 0 radical (unpaired) electrons. The first-order valence-electron chi connectivity index (χ1n) is 8.97. The number of halogens is 2. The van der Waals surface area contributed by atoms with Crippen LogP contribution in [0.4, 0.5) is 0 Å². The van der Waals surface area contributed by atoms with Crippen LogP contribution in [-0.4, -0.2) is 17.1 Å². The number of fused-ring (bicyclic) bond motifs is 1. The Balaban J connectivity index is 2.13. The Labute approximate surface area is 174 Å². The second-order valence-corrected chi connectivity index (χ2v) is 7.36. The summed E-state index contributed by atoms with van der Waals surface area (Å²) in [5.41, 5.74) is 4.92. The minimum absolute atomic E-state index is 0.346. The largest absolute Gasteiger partial charge is 0.463 e. The molecule has 0 N–H and O–H groups in total. The SMILES string of the molecule is C=C(C)c1cn(Cc2ccc(Cl)cc2Cl)c2c(C=CC(=O)OCC)cccc12. The third-order valence-electron chi connectivity index (χ3n) is 4.43. The van der Waals surface area contributed by atoms with E-state index in [4.69, 9.17) is 27.9 Å². The lowest BCUT2D eigenvalue weighted by Gasteiger charge is -2.10. The molecular formula is C23H21Cl2NO2. The van der Waals surface area contributed by atoms with E-state index in [1.54, 1.807) is 19.1 Å². The van der Waals surface area contributed by atoms with Gasteiger partial charge in [-0.05, 0) is 48.8 Å². The Kier molecular flexibility index (Phi) is 6.28. The smallest absolute Gasteiger partial charge is 0.330 e. The Morgan fingerprint density at radius 3 is 2.71 bits per heavy atom. The van der Waals surface area contributed by atoms with E-state index in [1.807, 2.05) is 31.2 Å². The number of hydrogen-bond donors (Lipinski definition) is 0. The number of aromatic nitrogens is 1. The van der Waals surface area contributed by atoms with E-state index in [-0.39, 0.29) is 5.97 Å². The number of ether oxygens (including phenoxy) is 1. The Bertz CT molecular complexity index is 1080. The average molecular weight is 414 g/mol. The highest BCUT2D eigenvalue weighted by atomic mass is 35.5. The van der Waals surface area contributed by atoms with Gasteiger partial charge in [0.2, 0.25) is 0 Å². The fraction of sp³-hybridized carbons (Fsp3) is 0.174. The summed E-state index contributed by atoms with van der Waals surface area (Å²) in [5, 5.41) is 2.29. The standard InChI is InChI=1S/C23H21Cl2NO2/c1-4-28-22(27)11-9-16-6-5-7-19-20(15(2)3)14-26(23(16)19)13-17-8-10-18(24)12-21(17)25/h5-12,14H,2,4,13H2,1,3H3. The van der Waals surface area contributed by atoms with Crippen molar-refractivity contribution in [3.8, 4) is 0 Å². The van der Waals surface area contributed by atoms with Gasteiger partial charge in [-0.15, -0.1) is 0 Å².